The molecule has 2 heterocycles. The van der Waals surface area contributed by atoms with Crippen molar-refractivity contribution in [3.63, 3.8) is 0 Å². The van der Waals surface area contributed by atoms with Gasteiger partial charge in [-0.15, -0.1) is 0 Å². The summed E-state index contributed by atoms with van der Waals surface area (Å²) in [5.41, 5.74) is 2.58. The van der Waals surface area contributed by atoms with E-state index in [1.54, 1.807) is 0 Å². The lowest BCUT2D eigenvalue weighted by Gasteiger charge is -2.35. The lowest BCUT2D eigenvalue weighted by atomic mass is 9.92. The topological polar surface area (TPSA) is 56.6 Å². The molecule has 6 nitrogen and oxygen atoms in total. The van der Waals surface area contributed by atoms with E-state index in [1.165, 1.54) is 6.42 Å². The van der Waals surface area contributed by atoms with Crippen molar-refractivity contribution in [1.82, 2.24) is 9.55 Å². The van der Waals surface area contributed by atoms with Crippen molar-refractivity contribution in [1.29, 1.82) is 0 Å². The zero-order chi connectivity index (χ0) is 20.4. The zero-order valence-corrected chi connectivity index (χ0v) is 17.6. The third kappa shape index (κ3) is 3.90. The van der Waals surface area contributed by atoms with E-state index in [2.05, 4.69) is 18.4 Å². The number of benzene rings is 1. The van der Waals surface area contributed by atoms with Crippen molar-refractivity contribution in [2.24, 2.45) is 0 Å². The highest BCUT2D eigenvalue weighted by Crippen LogP contribution is 2.35. The van der Waals surface area contributed by atoms with E-state index in [-0.39, 0.29) is 11.6 Å². The van der Waals surface area contributed by atoms with Gasteiger partial charge in [-0.1, -0.05) is 19.9 Å². The Bertz CT molecular complexity index is 956. The lowest BCUT2D eigenvalue weighted by molar-refractivity contribution is 0.121. The van der Waals surface area contributed by atoms with Crippen molar-refractivity contribution in [2.45, 2.75) is 52.0 Å². The molecule has 2 fully saturated rings. The van der Waals surface area contributed by atoms with Crippen LogP contribution in [0.5, 0.6) is 0 Å². The Morgan fingerprint density at radius 2 is 2.07 bits per heavy atom. The monoisotopic (exact) mass is 397 g/mol. The number of aryl methyl sites for hydroxylation is 1. The van der Waals surface area contributed by atoms with Crippen LogP contribution < -0.4 is 10.5 Å². The van der Waals surface area contributed by atoms with E-state index in [0.29, 0.717) is 36.5 Å². The standard InChI is InChI=1S/C23H31N3O3/c1-4-5-11-29-17(3)19-14-16(2)15-20-21(19)24-23(25-9-12-28-13-10-25)26(22(20)27)18-7-6-8-18/h14-15,18H,3-13H2,1-2H3. The normalized spacial score (nSPS) is 17.4. The van der Waals surface area contributed by atoms with Crippen LogP contribution in [-0.4, -0.2) is 42.5 Å². The van der Waals surface area contributed by atoms with Crippen molar-refractivity contribution in [2.75, 3.05) is 37.8 Å². The fraction of sp³-hybridized carbons (Fsp3) is 0.565. The Labute approximate surface area is 172 Å². The lowest BCUT2D eigenvalue weighted by Crippen LogP contribution is -2.42. The van der Waals surface area contributed by atoms with Crippen molar-refractivity contribution < 1.29 is 9.47 Å². The quantitative estimate of drug-likeness (QED) is 0.521. The Morgan fingerprint density at radius 1 is 1.31 bits per heavy atom. The number of fused-ring (bicyclic) bond motifs is 1. The van der Waals surface area contributed by atoms with Crippen LogP contribution in [0, 0.1) is 6.92 Å². The summed E-state index contributed by atoms with van der Waals surface area (Å²) in [6.07, 6.45) is 5.28. The van der Waals surface area contributed by atoms with Gasteiger partial charge in [0.05, 0.1) is 30.7 Å². The molecule has 1 aliphatic heterocycles. The summed E-state index contributed by atoms with van der Waals surface area (Å²) >= 11 is 0. The first-order valence-corrected chi connectivity index (χ1v) is 10.8. The fourth-order valence-electron chi connectivity index (χ4n) is 4.03. The molecule has 1 aliphatic carbocycles. The van der Waals surface area contributed by atoms with E-state index >= 15 is 0 Å². The molecule has 2 aliphatic rings. The molecule has 0 N–H and O–H groups in total. The Kier molecular flexibility index (Phi) is 5.90. The molecule has 0 bridgehead atoms. The first-order chi connectivity index (χ1) is 14.1. The first kappa shape index (κ1) is 20.0. The summed E-state index contributed by atoms with van der Waals surface area (Å²) in [6, 6.07) is 4.22. The minimum Gasteiger partial charge on any atom is -0.494 e. The Balaban J connectivity index is 1.86. The molecule has 2 aromatic rings. The summed E-state index contributed by atoms with van der Waals surface area (Å²) in [5, 5.41) is 0.657. The summed E-state index contributed by atoms with van der Waals surface area (Å²) in [5.74, 6) is 1.36. The number of anilines is 1. The highest BCUT2D eigenvalue weighted by Gasteiger charge is 2.28. The molecule has 0 atom stereocenters. The number of hydrogen-bond acceptors (Lipinski definition) is 5. The molecule has 0 radical (unpaired) electrons. The van der Waals surface area contributed by atoms with E-state index in [0.717, 1.165) is 55.8 Å². The molecule has 1 saturated carbocycles. The van der Waals surface area contributed by atoms with Crippen LogP contribution in [0.25, 0.3) is 16.7 Å². The molecule has 1 aromatic carbocycles. The summed E-state index contributed by atoms with van der Waals surface area (Å²) in [7, 11) is 0. The highest BCUT2D eigenvalue weighted by molar-refractivity contribution is 5.90. The molecule has 4 rings (SSSR count). The third-order valence-corrected chi connectivity index (χ3v) is 5.94. The Hall–Kier alpha value is -2.34. The Morgan fingerprint density at radius 3 is 2.72 bits per heavy atom. The number of rotatable bonds is 7. The van der Waals surface area contributed by atoms with E-state index in [9.17, 15) is 4.79 Å². The second-order valence-electron chi connectivity index (χ2n) is 8.10. The molecule has 156 valence electrons. The number of unbranched alkanes of at least 4 members (excludes halogenated alkanes) is 1. The number of aromatic nitrogens is 2. The van der Waals surface area contributed by atoms with E-state index < -0.39 is 0 Å². The second kappa shape index (κ2) is 8.57. The van der Waals surface area contributed by atoms with Gasteiger partial charge in [-0.2, -0.15) is 0 Å². The molecule has 1 saturated heterocycles. The van der Waals surface area contributed by atoms with Gasteiger partial charge in [0.2, 0.25) is 5.95 Å². The maximum atomic E-state index is 13.6. The molecule has 29 heavy (non-hydrogen) atoms. The van der Waals surface area contributed by atoms with Gasteiger partial charge in [0.25, 0.3) is 5.56 Å². The average molecular weight is 398 g/mol. The first-order valence-electron chi connectivity index (χ1n) is 10.8. The molecule has 1 aromatic heterocycles. The predicted octanol–water partition coefficient (Wildman–Crippen LogP) is 4.05. The zero-order valence-electron chi connectivity index (χ0n) is 17.6. The molecule has 6 heteroatoms. The van der Waals surface area contributed by atoms with E-state index in [4.69, 9.17) is 14.5 Å². The molecule has 0 amide bonds. The van der Waals surface area contributed by atoms with Gasteiger partial charge in [0, 0.05) is 24.7 Å². The van der Waals surface area contributed by atoms with Crippen LogP contribution in [0.2, 0.25) is 0 Å². The van der Waals surface area contributed by atoms with Gasteiger partial charge >= 0.3 is 0 Å². The second-order valence-corrected chi connectivity index (χ2v) is 8.10. The van der Waals surface area contributed by atoms with Crippen molar-refractivity contribution >= 4 is 22.6 Å². The van der Waals surface area contributed by atoms with Gasteiger partial charge in [-0.3, -0.25) is 9.36 Å². The molecule has 0 spiro atoms. The summed E-state index contributed by atoms with van der Waals surface area (Å²) in [6.45, 7) is 11.7. The fourth-order valence-corrected chi connectivity index (χ4v) is 4.03. The van der Waals surface area contributed by atoms with Gasteiger partial charge in [0.15, 0.2) is 0 Å². The van der Waals surface area contributed by atoms with Gasteiger partial charge in [-0.25, -0.2) is 4.98 Å². The minimum absolute atomic E-state index is 0.0486. The van der Waals surface area contributed by atoms with Crippen LogP contribution in [0.3, 0.4) is 0 Å². The van der Waals surface area contributed by atoms with Crippen LogP contribution >= 0.6 is 0 Å². The van der Waals surface area contributed by atoms with Gasteiger partial charge in [-0.05, 0) is 50.3 Å². The van der Waals surface area contributed by atoms with Crippen LogP contribution in [0.15, 0.2) is 23.5 Å². The van der Waals surface area contributed by atoms with Crippen LogP contribution in [0.1, 0.15) is 56.2 Å². The maximum absolute atomic E-state index is 13.6. The number of ether oxygens (including phenoxy) is 2. The predicted molar refractivity (Wildman–Crippen MR) is 117 cm³/mol. The minimum atomic E-state index is 0.0486. The highest BCUT2D eigenvalue weighted by atomic mass is 16.5. The van der Waals surface area contributed by atoms with Crippen LogP contribution in [-0.2, 0) is 9.47 Å². The summed E-state index contributed by atoms with van der Waals surface area (Å²) < 4.78 is 13.3. The van der Waals surface area contributed by atoms with Crippen LogP contribution in [0.4, 0.5) is 5.95 Å². The SMILES string of the molecule is C=C(OCCCC)c1cc(C)cc2c(=O)n(C3CCC3)c(N3CCOCC3)nc12. The number of nitrogens with zero attached hydrogens (tertiary/aromatic N) is 3. The van der Waals surface area contributed by atoms with Gasteiger partial charge < -0.3 is 14.4 Å². The van der Waals surface area contributed by atoms with Crippen molar-refractivity contribution in [3.05, 3.63) is 40.2 Å². The molecular formula is C23H31N3O3. The van der Waals surface area contributed by atoms with Gasteiger partial charge in [0.1, 0.15) is 5.76 Å². The largest absolute Gasteiger partial charge is 0.494 e. The smallest absolute Gasteiger partial charge is 0.263 e. The summed E-state index contributed by atoms with van der Waals surface area (Å²) in [4.78, 5) is 20.8. The molecule has 0 unspecified atom stereocenters. The number of hydrogen-bond donors (Lipinski definition) is 0. The van der Waals surface area contributed by atoms with Crippen molar-refractivity contribution in [3.8, 4) is 0 Å². The number of morpholine rings is 1. The average Bonchev–Trinajstić information content (AvgIpc) is 2.69. The third-order valence-electron chi connectivity index (χ3n) is 5.94. The maximum Gasteiger partial charge on any atom is 0.263 e. The van der Waals surface area contributed by atoms with E-state index in [1.807, 2.05) is 23.6 Å². The molecular weight excluding hydrogens is 366 g/mol.